The van der Waals surface area contributed by atoms with Crippen molar-refractivity contribution in [2.45, 2.75) is 51.9 Å². The largest absolute Gasteiger partial charge is 0.381 e. The molecule has 0 unspecified atom stereocenters. The second-order valence-corrected chi connectivity index (χ2v) is 10.3. The molecule has 2 aromatic carbocycles. The number of benzene rings is 2. The van der Waals surface area contributed by atoms with Gasteiger partial charge in [0.2, 0.25) is 0 Å². The fraction of sp³-hybridized carbons (Fsp3) is 0.448. The van der Waals surface area contributed by atoms with E-state index in [1.807, 2.05) is 37.4 Å². The van der Waals surface area contributed by atoms with E-state index in [1.54, 1.807) is 0 Å². The molecule has 178 valence electrons. The van der Waals surface area contributed by atoms with Crippen LogP contribution in [0.15, 0.2) is 47.5 Å². The van der Waals surface area contributed by atoms with Crippen molar-refractivity contribution >= 4 is 34.5 Å². The van der Waals surface area contributed by atoms with Crippen LogP contribution < -0.4 is 0 Å². The van der Waals surface area contributed by atoms with Gasteiger partial charge in [-0.3, -0.25) is 9.79 Å². The maximum atomic E-state index is 13.3. The van der Waals surface area contributed by atoms with Crippen molar-refractivity contribution < 1.29 is 9.53 Å². The highest BCUT2D eigenvalue weighted by atomic mass is 35.5. The van der Waals surface area contributed by atoms with Gasteiger partial charge in [-0.2, -0.15) is 0 Å². The van der Waals surface area contributed by atoms with Crippen LogP contribution in [0, 0.1) is 18.8 Å². The number of hydrogen-bond donors (Lipinski definition) is 0. The van der Waals surface area contributed by atoms with E-state index in [0.29, 0.717) is 10.9 Å². The number of hydrogen-bond acceptors (Lipinski definition) is 3. The Bertz CT molecular complexity index is 1190. The van der Waals surface area contributed by atoms with E-state index >= 15 is 0 Å². The minimum absolute atomic E-state index is 0.0746. The molecule has 0 amide bonds. The van der Waals surface area contributed by atoms with Gasteiger partial charge in [0.1, 0.15) is 6.54 Å². The first-order chi connectivity index (χ1) is 16.6. The smallest absolute Gasteiger partial charge is 0.186 e. The molecule has 1 saturated heterocycles. The van der Waals surface area contributed by atoms with Crippen molar-refractivity contribution in [3.05, 3.63) is 64.3 Å². The third-order valence-corrected chi connectivity index (χ3v) is 7.65. The third kappa shape index (κ3) is 4.99. The molecular weight excluding hydrogens is 444 g/mol. The second-order valence-electron chi connectivity index (χ2n) is 9.91. The number of halogens is 1. The Kier molecular flexibility index (Phi) is 7.17. The first-order valence-electron chi connectivity index (χ1n) is 12.6. The van der Waals surface area contributed by atoms with Gasteiger partial charge >= 0.3 is 0 Å². The summed E-state index contributed by atoms with van der Waals surface area (Å²) >= 11 is 6.15. The van der Waals surface area contributed by atoms with E-state index in [-0.39, 0.29) is 12.3 Å². The van der Waals surface area contributed by atoms with Crippen molar-refractivity contribution in [3.8, 4) is 5.69 Å². The molecule has 4 nitrogen and oxygen atoms in total. The van der Waals surface area contributed by atoms with Crippen molar-refractivity contribution in [3.63, 3.8) is 0 Å². The molecule has 2 fully saturated rings. The number of Topliss-reactive ketones (excluding diaryl/α,β-unsaturated/α-hetero) is 1. The average Bonchev–Trinajstić information content (AvgIpc) is 3.06. The van der Waals surface area contributed by atoms with Crippen molar-refractivity contribution in [2.75, 3.05) is 19.8 Å². The zero-order chi connectivity index (χ0) is 23.5. The lowest BCUT2D eigenvalue weighted by Gasteiger charge is -2.25. The Morgan fingerprint density at radius 3 is 2.62 bits per heavy atom. The van der Waals surface area contributed by atoms with Crippen molar-refractivity contribution in [1.29, 1.82) is 0 Å². The molecule has 5 heteroatoms. The van der Waals surface area contributed by atoms with Gasteiger partial charge in [-0.1, -0.05) is 49.4 Å². The van der Waals surface area contributed by atoms with Crippen LogP contribution in [-0.2, 0) is 11.2 Å². The summed E-state index contributed by atoms with van der Waals surface area (Å²) in [6, 6.07) is 14.3. The highest BCUT2D eigenvalue weighted by Gasteiger charge is 2.23. The van der Waals surface area contributed by atoms with Gasteiger partial charge in [-0.25, -0.2) is 0 Å². The van der Waals surface area contributed by atoms with Gasteiger partial charge < -0.3 is 9.30 Å². The van der Waals surface area contributed by atoms with Gasteiger partial charge in [-0.05, 0) is 74.2 Å². The van der Waals surface area contributed by atoms with Crippen LogP contribution in [0.4, 0.5) is 0 Å². The van der Waals surface area contributed by atoms with Gasteiger partial charge in [0.15, 0.2) is 5.78 Å². The maximum absolute atomic E-state index is 13.3. The number of carbonyl (C=O) groups excluding carboxylic acids is 1. The minimum Gasteiger partial charge on any atom is -0.381 e. The molecule has 34 heavy (non-hydrogen) atoms. The number of carbonyl (C=O) groups is 1. The second kappa shape index (κ2) is 10.5. The van der Waals surface area contributed by atoms with Gasteiger partial charge in [0.05, 0.1) is 18.7 Å². The van der Waals surface area contributed by atoms with Crippen molar-refractivity contribution in [1.82, 2.24) is 4.57 Å². The van der Waals surface area contributed by atoms with Crippen LogP contribution in [0.1, 0.15) is 60.1 Å². The first kappa shape index (κ1) is 23.3. The lowest BCUT2D eigenvalue weighted by molar-refractivity contribution is -0.0312. The van der Waals surface area contributed by atoms with Crippen LogP contribution in [0.5, 0.6) is 0 Å². The normalized spacial score (nSPS) is 16.8. The highest BCUT2D eigenvalue weighted by molar-refractivity contribution is 6.30. The van der Waals surface area contributed by atoms with E-state index in [0.717, 1.165) is 59.8 Å². The molecular formula is C29H33ClN2O2. The van der Waals surface area contributed by atoms with Crippen molar-refractivity contribution in [2.24, 2.45) is 16.8 Å². The molecule has 0 spiro atoms. The fourth-order valence-electron chi connectivity index (χ4n) is 5.20. The molecule has 0 bridgehead atoms. The first-order valence-corrected chi connectivity index (χ1v) is 13.0. The van der Waals surface area contributed by atoms with E-state index in [9.17, 15) is 4.79 Å². The number of fused-ring (bicyclic) bond motifs is 1. The predicted octanol–water partition coefficient (Wildman–Crippen LogP) is 7.01. The molecule has 0 N–H and O–H groups in total. The van der Waals surface area contributed by atoms with E-state index < -0.39 is 0 Å². The number of nitrogens with zero attached hydrogens (tertiary/aromatic N) is 2. The van der Waals surface area contributed by atoms with E-state index in [4.69, 9.17) is 16.3 Å². The summed E-state index contributed by atoms with van der Waals surface area (Å²) in [5, 5.41) is 1.69. The minimum atomic E-state index is 0.0746. The van der Waals surface area contributed by atoms with Crippen LogP contribution >= 0.6 is 11.6 Å². The van der Waals surface area contributed by atoms with E-state index in [2.05, 4.69) is 27.8 Å². The number of unbranched alkanes of at least 4 members (excludes halogenated alkanes) is 1. The summed E-state index contributed by atoms with van der Waals surface area (Å²) < 4.78 is 7.54. The SMILES string of the molecule is Cc1c(C(=O)CN=CCCCC2CCC2)c2ccc(CC3COC3)cc2n1-c1ccc(Cl)cc1. The number of ketones is 1. The molecule has 3 aromatic rings. The number of aromatic nitrogens is 1. The van der Waals surface area contributed by atoms with Gasteiger partial charge in [0.25, 0.3) is 0 Å². The summed E-state index contributed by atoms with van der Waals surface area (Å²) in [5.41, 5.74) is 5.07. The Balaban J connectivity index is 1.40. The number of rotatable bonds is 10. The maximum Gasteiger partial charge on any atom is 0.186 e. The summed E-state index contributed by atoms with van der Waals surface area (Å²) in [7, 11) is 0. The molecule has 1 aliphatic heterocycles. The molecule has 2 aliphatic rings. The third-order valence-electron chi connectivity index (χ3n) is 7.40. The number of aliphatic imine (C=N–C) groups is 1. The lowest BCUT2D eigenvalue weighted by atomic mass is 9.82. The Labute approximate surface area is 207 Å². The molecule has 1 aromatic heterocycles. The Morgan fingerprint density at radius 1 is 1.15 bits per heavy atom. The quantitative estimate of drug-likeness (QED) is 0.179. The topological polar surface area (TPSA) is 43.6 Å². The highest BCUT2D eigenvalue weighted by Crippen LogP contribution is 2.32. The van der Waals surface area contributed by atoms with Crippen LogP contribution in [0.25, 0.3) is 16.6 Å². The zero-order valence-corrected chi connectivity index (χ0v) is 20.7. The zero-order valence-electron chi connectivity index (χ0n) is 19.9. The molecule has 5 rings (SSSR count). The average molecular weight is 477 g/mol. The van der Waals surface area contributed by atoms with Gasteiger partial charge in [0, 0.05) is 33.3 Å². The summed E-state index contributed by atoms with van der Waals surface area (Å²) in [5.74, 6) is 1.58. The Hall–Kier alpha value is -2.43. The lowest BCUT2D eigenvalue weighted by Crippen LogP contribution is -2.29. The number of ether oxygens (including phenoxy) is 1. The molecule has 2 heterocycles. The predicted molar refractivity (Wildman–Crippen MR) is 140 cm³/mol. The molecule has 0 radical (unpaired) electrons. The summed E-state index contributed by atoms with van der Waals surface area (Å²) in [6.07, 6.45) is 10.6. The van der Waals surface area contributed by atoms with Crippen LogP contribution in [0.3, 0.4) is 0 Å². The Morgan fingerprint density at radius 2 is 1.94 bits per heavy atom. The molecule has 0 atom stereocenters. The summed E-state index contributed by atoms with van der Waals surface area (Å²) in [4.78, 5) is 17.8. The standard InChI is InChI=1S/C29H33ClN2O2/c1-20-29(28(33)17-31-14-3-2-5-21-6-4-7-21)26-13-8-22(15-23-18-34-19-23)16-27(26)32(20)25-11-9-24(30)10-12-25/h8-14,16,21,23H,2-7,15,17-19H2,1H3. The molecule has 1 aliphatic carbocycles. The van der Waals surface area contributed by atoms with Crippen LogP contribution in [-0.4, -0.2) is 36.3 Å². The van der Waals surface area contributed by atoms with Crippen LogP contribution in [0.2, 0.25) is 5.02 Å². The molecule has 1 saturated carbocycles. The fourth-order valence-corrected chi connectivity index (χ4v) is 5.32. The monoisotopic (exact) mass is 476 g/mol. The van der Waals surface area contributed by atoms with Gasteiger partial charge in [-0.15, -0.1) is 0 Å². The van der Waals surface area contributed by atoms with E-state index in [1.165, 1.54) is 37.7 Å². The summed E-state index contributed by atoms with van der Waals surface area (Å²) in [6.45, 7) is 3.89.